The first-order valence-electron chi connectivity index (χ1n) is 11.2. The van der Waals surface area contributed by atoms with E-state index in [0.29, 0.717) is 38.2 Å². The van der Waals surface area contributed by atoms with Crippen LogP contribution in [0.25, 0.3) is 0 Å². The van der Waals surface area contributed by atoms with Crippen molar-refractivity contribution in [1.82, 2.24) is 14.8 Å². The number of nitrogens with one attached hydrogen (secondary N) is 1. The molecule has 34 heavy (non-hydrogen) atoms. The van der Waals surface area contributed by atoms with Crippen molar-refractivity contribution in [3.63, 3.8) is 0 Å². The van der Waals surface area contributed by atoms with Gasteiger partial charge in [0.1, 0.15) is 16.8 Å². The fourth-order valence-corrected chi connectivity index (χ4v) is 6.33. The van der Waals surface area contributed by atoms with Gasteiger partial charge in [-0.25, -0.2) is 0 Å². The Kier molecular flexibility index (Phi) is 7.81. The minimum Gasteiger partial charge on any atom is -0.483 e. The van der Waals surface area contributed by atoms with Gasteiger partial charge in [0.15, 0.2) is 17.1 Å². The Hall–Kier alpha value is -2.54. The molecule has 2 unspecified atom stereocenters. The van der Waals surface area contributed by atoms with Crippen LogP contribution < -0.4 is 10.1 Å². The van der Waals surface area contributed by atoms with Crippen molar-refractivity contribution in [3.05, 3.63) is 51.1 Å². The monoisotopic (exact) mass is 515 g/mol. The number of anilines is 1. The van der Waals surface area contributed by atoms with Crippen LogP contribution in [0.3, 0.4) is 0 Å². The molecule has 2 heterocycles. The van der Waals surface area contributed by atoms with Crippen LogP contribution >= 0.6 is 34.7 Å². The van der Waals surface area contributed by atoms with Gasteiger partial charge in [-0.2, -0.15) is 5.26 Å². The van der Waals surface area contributed by atoms with Crippen molar-refractivity contribution >= 4 is 45.6 Å². The minimum atomic E-state index is -0.346. The van der Waals surface area contributed by atoms with E-state index in [9.17, 15) is 10.1 Å². The highest BCUT2D eigenvalue weighted by Gasteiger charge is 2.26. The predicted octanol–water partition coefficient (Wildman–Crippen LogP) is 5.79. The lowest BCUT2D eigenvalue weighted by atomic mass is 9.86. The van der Waals surface area contributed by atoms with Crippen molar-refractivity contribution < 1.29 is 9.53 Å². The van der Waals surface area contributed by atoms with Gasteiger partial charge in [-0.05, 0) is 55.9 Å². The van der Waals surface area contributed by atoms with Gasteiger partial charge in [-0.1, -0.05) is 42.8 Å². The van der Waals surface area contributed by atoms with E-state index >= 15 is 0 Å². The Morgan fingerprint density at radius 1 is 1.47 bits per heavy atom. The maximum Gasteiger partial charge on any atom is 0.235 e. The summed E-state index contributed by atoms with van der Waals surface area (Å²) in [7, 11) is 1.85. The van der Waals surface area contributed by atoms with Crippen LogP contribution in [0, 0.1) is 17.2 Å². The second-order valence-corrected chi connectivity index (χ2v) is 10.8. The molecule has 0 saturated carbocycles. The second-order valence-electron chi connectivity index (χ2n) is 8.29. The molecule has 0 bridgehead atoms. The maximum absolute atomic E-state index is 12.7. The number of fused-ring (bicyclic) bond motifs is 1. The molecule has 1 aromatic carbocycles. The van der Waals surface area contributed by atoms with Gasteiger partial charge >= 0.3 is 0 Å². The summed E-state index contributed by atoms with van der Waals surface area (Å²) in [6.45, 7) is 4.09. The van der Waals surface area contributed by atoms with Crippen molar-refractivity contribution in [2.45, 2.75) is 50.8 Å². The number of rotatable bonds is 8. The van der Waals surface area contributed by atoms with Crippen LogP contribution in [0.1, 0.15) is 54.6 Å². The third-order valence-electron chi connectivity index (χ3n) is 5.98. The van der Waals surface area contributed by atoms with E-state index in [1.54, 1.807) is 23.5 Å². The minimum absolute atomic E-state index is 0.167. The average Bonchev–Trinajstić information content (AvgIpc) is 3.36. The molecular formula is C24H26ClN5O2S2. The molecule has 3 aromatic rings. The first kappa shape index (κ1) is 24.6. The summed E-state index contributed by atoms with van der Waals surface area (Å²) in [5.74, 6) is 1.95. The molecule has 2 atom stereocenters. The largest absolute Gasteiger partial charge is 0.483 e. The van der Waals surface area contributed by atoms with Gasteiger partial charge in [-0.3, -0.25) is 4.79 Å². The second kappa shape index (κ2) is 10.8. The number of ether oxygens (including phenoxy) is 1. The van der Waals surface area contributed by atoms with Gasteiger partial charge in [0, 0.05) is 16.9 Å². The number of carbonyl (C=O) groups is 1. The Morgan fingerprint density at radius 2 is 2.29 bits per heavy atom. The van der Waals surface area contributed by atoms with E-state index < -0.39 is 0 Å². The number of hydrogen-bond acceptors (Lipinski definition) is 7. The predicted molar refractivity (Wildman–Crippen MR) is 136 cm³/mol. The number of benzene rings is 1. The first-order chi connectivity index (χ1) is 16.4. The molecule has 1 amide bonds. The first-order valence-corrected chi connectivity index (χ1v) is 13.4. The van der Waals surface area contributed by atoms with E-state index in [-0.39, 0.29) is 17.8 Å². The number of carbonyl (C=O) groups excluding carboxylic acids is 1. The summed E-state index contributed by atoms with van der Waals surface area (Å²) in [5, 5.41) is 23.0. The number of amides is 1. The van der Waals surface area contributed by atoms with Gasteiger partial charge in [-0.15, -0.1) is 21.5 Å². The quantitative estimate of drug-likeness (QED) is 0.382. The number of thiophene rings is 1. The molecule has 178 valence electrons. The van der Waals surface area contributed by atoms with E-state index in [1.807, 2.05) is 30.7 Å². The van der Waals surface area contributed by atoms with Gasteiger partial charge < -0.3 is 14.6 Å². The third-order valence-corrected chi connectivity index (χ3v) is 8.41. The molecule has 7 nitrogen and oxygen atoms in total. The molecule has 2 aromatic heterocycles. The Morgan fingerprint density at radius 3 is 3.03 bits per heavy atom. The van der Waals surface area contributed by atoms with Crippen LogP contribution in [-0.2, 0) is 24.7 Å². The van der Waals surface area contributed by atoms with Crippen molar-refractivity contribution in [2.75, 3.05) is 11.1 Å². The van der Waals surface area contributed by atoms with Crippen LogP contribution in [0.5, 0.6) is 5.75 Å². The molecule has 0 spiro atoms. The highest BCUT2D eigenvalue weighted by Crippen LogP contribution is 2.40. The molecule has 0 fully saturated rings. The maximum atomic E-state index is 12.7. The Bertz CT molecular complexity index is 1230. The van der Waals surface area contributed by atoms with Gasteiger partial charge in [0.25, 0.3) is 0 Å². The summed E-state index contributed by atoms with van der Waals surface area (Å²) in [6, 6.07) is 9.49. The molecule has 1 aliphatic rings. The zero-order valence-electron chi connectivity index (χ0n) is 19.3. The molecule has 10 heteroatoms. The third kappa shape index (κ3) is 5.40. The van der Waals surface area contributed by atoms with Crippen LogP contribution in [0.15, 0.2) is 29.4 Å². The SMILES string of the molecule is CCC1CCc2c(sc(NC(=O)CSc3nnc(C(C)Oc4cccc(Cl)c4)n3C)c2C#N)C1. The number of nitrogens with zero attached hydrogens (tertiary/aromatic N) is 4. The molecule has 1 N–H and O–H groups in total. The highest BCUT2D eigenvalue weighted by atomic mass is 35.5. The van der Waals surface area contributed by atoms with Crippen molar-refractivity contribution in [3.8, 4) is 11.8 Å². The number of nitriles is 1. The normalized spacial score (nSPS) is 15.9. The Balaban J connectivity index is 1.37. The molecular weight excluding hydrogens is 490 g/mol. The Labute approximate surface area is 212 Å². The van der Waals surface area contributed by atoms with E-state index in [0.717, 1.165) is 31.2 Å². The summed E-state index contributed by atoms with van der Waals surface area (Å²) in [6.07, 6.45) is 3.80. The van der Waals surface area contributed by atoms with Gasteiger partial charge in [0.2, 0.25) is 5.91 Å². The summed E-state index contributed by atoms with van der Waals surface area (Å²) < 4.78 is 7.76. The highest BCUT2D eigenvalue weighted by molar-refractivity contribution is 7.99. The summed E-state index contributed by atoms with van der Waals surface area (Å²) in [5.41, 5.74) is 1.74. The fraction of sp³-hybridized carbons (Fsp3) is 0.417. The fourth-order valence-electron chi connectivity index (χ4n) is 4.10. The van der Waals surface area contributed by atoms with Crippen molar-refractivity contribution in [1.29, 1.82) is 5.26 Å². The standard InChI is InChI=1S/C24H26ClN5O2S2/c1-4-15-8-9-18-19(12-26)23(34-20(18)10-15)27-21(31)13-33-24-29-28-22(30(24)3)14(2)32-17-7-5-6-16(25)11-17/h5-7,11,14-15H,4,8-10,13H2,1-3H3,(H,27,31). The zero-order valence-corrected chi connectivity index (χ0v) is 21.7. The van der Waals surface area contributed by atoms with Gasteiger partial charge in [0.05, 0.1) is 11.3 Å². The van der Waals surface area contributed by atoms with E-state index in [4.69, 9.17) is 16.3 Å². The van der Waals surface area contributed by atoms with Crippen molar-refractivity contribution in [2.24, 2.45) is 13.0 Å². The zero-order chi connectivity index (χ0) is 24.2. The van der Waals surface area contributed by atoms with E-state index in [2.05, 4.69) is 28.5 Å². The lowest BCUT2D eigenvalue weighted by Crippen LogP contribution is -2.15. The van der Waals surface area contributed by atoms with Crippen LogP contribution in [0.4, 0.5) is 5.00 Å². The summed E-state index contributed by atoms with van der Waals surface area (Å²) >= 11 is 8.87. The lowest BCUT2D eigenvalue weighted by Gasteiger charge is -2.20. The molecule has 1 aliphatic carbocycles. The van der Waals surface area contributed by atoms with Crippen LogP contribution in [-0.4, -0.2) is 26.4 Å². The topological polar surface area (TPSA) is 92.8 Å². The van der Waals surface area contributed by atoms with E-state index in [1.165, 1.54) is 16.6 Å². The molecule has 0 aliphatic heterocycles. The lowest BCUT2D eigenvalue weighted by molar-refractivity contribution is -0.113. The average molecular weight is 516 g/mol. The number of halogens is 1. The smallest absolute Gasteiger partial charge is 0.235 e. The molecule has 0 saturated heterocycles. The molecule has 0 radical (unpaired) electrons. The number of thioether (sulfide) groups is 1. The number of hydrogen-bond donors (Lipinski definition) is 1. The van der Waals surface area contributed by atoms with Crippen LogP contribution in [0.2, 0.25) is 5.02 Å². The number of aromatic nitrogens is 3. The molecule has 4 rings (SSSR count). The summed E-state index contributed by atoms with van der Waals surface area (Å²) in [4.78, 5) is 13.9.